The molecule has 1 aromatic heterocycles. The zero-order valence-corrected chi connectivity index (χ0v) is 11.8. The predicted molar refractivity (Wildman–Crippen MR) is 72.5 cm³/mol. The van der Waals surface area contributed by atoms with Crippen molar-refractivity contribution in [2.45, 2.75) is 20.4 Å². The SMILES string of the molecule is CC(C)C(=O)NCC(=O)Nc1cc(CN(C)C)[nH]n1. The molecule has 2 amide bonds. The number of nitrogens with zero attached hydrogens (tertiary/aromatic N) is 2. The van der Waals surface area contributed by atoms with Crippen LogP contribution in [0.25, 0.3) is 0 Å². The number of hydrogen-bond donors (Lipinski definition) is 3. The number of hydrogen-bond acceptors (Lipinski definition) is 4. The highest BCUT2D eigenvalue weighted by Crippen LogP contribution is 2.06. The Morgan fingerprint density at radius 1 is 1.42 bits per heavy atom. The Morgan fingerprint density at radius 3 is 2.68 bits per heavy atom. The van der Waals surface area contributed by atoms with Crippen molar-refractivity contribution in [1.82, 2.24) is 20.4 Å². The van der Waals surface area contributed by atoms with E-state index in [1.54, 1.807) is 19.9 Å². The Balaban J connectivity index is 2.40. The fourth-order valence-corrected chi connectivity index (χ4v) is 1.41. The first-order chi connectivity index (χ1) is 8.88. The normalized spacial score (nSPS) is 10.8. The van der Waals surface area contributed by atoms with E-state index in [1.165, 1.54) is 0 Å². The molecule has 106 valence electrons. The maximum Gasteiger partial charge on any atom is 0.244 e. The van der Waals surface area contributed by atoms with Crippen LogP contribution in [0.1, 0.15) is 19.5 Å². The number of aromatic amines is 1. The Hall–Kier alpha value is -1.89. The highest BCUT2D eigenvalue weighted by Gasteiger charge is 2.10. The molecule has 0 saturated heterocycles. The molecule has 0 fully saturated rings. The monoisotopic (exact) mass is 267 g/mol. The molecule has 19 heavy (non-hydrogen) atoms. The Morgan fingerprint density at radius 2 is 2.11 bits per heavy atom. The van der Waals surface area contributed by atoms with Crippen LogP contribution in [0, 0.1) is 5.92 Å². The van der Waals surface area contributed by atoms with Crippen molar-refractivity contribution in [3.63, 3.8) is 0 Å². The quantitative estimate of drug-likeness (QED) is 0.686. The zero-order chi connectivity index (χ0) is 14.4. The molecule has 0 saturated carbocycles. The lowest BCUT2D eigenvalue weighted by Crippen LogP contribution is -2.35. The summed E-state index contributed by atoms with van der Waals surface area (Å²) in [4.78, 5) is 24.9. The van der Waals surface area contributed by atoms with Crippen LogP contribution in [0.15, 0.2) is 6.07 Å². The fourth-order valence-electron chi connectivity index (χ4n) is 1.41. The molecule has 0 unspecified atom stereocenters. The number of H-pyrrole nitrogens is 1. The Labute approximate surface area is 112 Å². The van der Waals surface area contributed by atoms with Crippen LogP contribution in [0.3, 0.4) is 0 Å². The van der Waals surface area contributed by atoms with Gasteiger partial charge in [0.1, 0.15) is 0 Å². The van der Waals surface area contributed by atoms with Gasteiger partial charge in [0.25, 0.3) is 0 Å². The lowest BCUT2D eigenvalue weighted by molar-refractivity contribution is -0.126. The van der Waals surface area contributed by atoms with Crippen LogP contribution in [-0.2, 0) is 16.1 Å². The average Bonchev–Trinajstić information content (AvgIpc) is 2.72. The van der Waals surface area contributed by atoms with Gasteiger partial charge in [-0.25, -0.2) is 0 Å². The van der Waals surface area contributed by atoms with Gasteiger partial charge < -0.3 is 15.5 Å². The molecule has 0 atom stereocenters. The second-order valence-electron chi connectivity index (χ2n) is 4.94. The summed E-state index contributed by atoms with van der Waals surface area (Å²) in [6.45, 7) is 4.21. The van der Waals surface area contributed by atoms with E-state index in [2.05, 4.69) is 20.8 Å². The summed E-state index contributed by atoms with van der Waals surface area (Å²) >= 11 is 0. The van der Waals surface area contributed by atoms with E-state index >= 15 is 0 Å². The minimum Gasteiger partial charge on any atom is -0.347 e. The van der Waals surface area contributed by atoms with Crippen molar-refractivity contribution in [2.24, 2.45) is 5.92 Å². The molecule has 0 aliphatic rings. The minimum absolute atomic E-state index is 0.0487. The van der Waals surface area contributed by atoms with Gasteiger partial charge in [-0.05, 0) is 14.1 Å². The fraction of sp³-hybridized carbons (Fsp3) is 0.583. The summed E-state index contributed by atoms with van der Waals surface area (Å²) in [5.74, 6) is -0.118. The van der Waals surface area contributed by atoms with Crippen LogP contribution < -0.4 is 10.6 Å². The first kappa shape index (κ1) is 15.2. The number of rotatable bonds is 6. The van der Waals surface area contributed by atoms with E-state index in [1.807, 2.05) is 19.0 Å². The summed E-state index contributed by atoms with van der Waals surface area (Å²) in [7, 11) is 3.89. The number of carbonyl (C=O) groups excluding carboxylic acids is 2. The molecule has 0 aliphatic carbocycles. The topological polar surface area (TPSA) is 90.1 Å². The number of nitrogens with one attached hydrogen (secondary N) is 3. The molecule has 1 rings (SSSR count). The smallest absolute Gasteiger partial charge is 0.244 e. The molecular weight excluding hydrogens is 246 g/mol. The van der Waals surface area contributed by atoms with E-state index in [9.17, 15) is 9.59 Å². The van der Waals surface area contributed by atoms with Crippen LogP contribution in [0.5, 0.6) is 0 Å². The molecule has 0 radical (unpaired) electrons. The third-order valence-corrected chi connectivity index (χ3v) is 2.33. The van der Waals surface area contributed by atoms with Gasteiger partial charge in [0.15, 0.2) is 5.82 Å². The highest BCUT2D eigenvalue weighted by atomic mass is 16.2. The maximum atomic E-state index is 11.6. The number of amides is 2. The van der Waals surface area contributed by atoms with Gasteiger partial charge in [-0.1, -0.05) is 13.8 Å². The van der Waals surface area contributed by atoms with Crippen molar-refractivity contribution in [1.29, 1.82) is 0 Å². The minimum atomic E-state index is -0.295. The van der Waals surface area contributed by atoms with E-state index in [-0.39, 0.29) is 24.3 Å². The maximum absolute atomic E-state index is 11.6. The summed E-state index contributed by atoms with van der Waals surface area (Å²) < 4.78 is 0. The lowest BCUT2D eigenvalue weighted by Gasteiger charge is -2.07. The summed E-state index contributed by atoms with van der Waals surface area (Å²) in [5, 5.41) is 12.0. The van der Waals surface area contributed by atoms with Gasteiger partial charge in [-0.2, -0.15) is 5.10 Å². The molecule has 3 N–H and O–H groups in total. The van der Waals surface area contributed by atoms with Gasteiger partial charge in [-0.15, -0.1) is 0 Å². The van der Waals surface area contributed by atoms with E-state index < -0.39 is 0 Å². The number of aromatic nitrogens is 2. The highest BCUT2D eigenvalue weighted by molar-refractivity contribution is 5.94. The summed E-state index contributed by atoms with van der Waals surface area (Å²) in [6.07, 6.45) is 0. The number of anilines is 1. The zero-order valence-electron chi connectivity index (χ0n) is 11.8. The van der Waals surface area contributed by atoms with Crippen molar-refractivity contribution in [3.8, 4) is 0 Å². The van der Waals surface area contributed by atoms with Gasteiger partial charge in [0, 0.05) is 18.5 Å². The number of carbonyl (C=O) groups is 2. The molecule has 7 nitrogen and oxygen atoms in total. The van der Waals surface area contributed by atoms with Gasteiger partial charge in [-0.3, -0.25) is 14.7 Å². The van der Waals surface area contributed by atoms with Crippen molar-refractivity contribution >= 4 is 17.6 Å². The molecule has 0 spiro atoms. The predicted octanol–water partition coefficient (Wildman–Crippen LogP) is 0.182. The summed E-state index contributed by atoms with van der Waals surface area (Å²) in [5.41, 5.74) is 0.909. The molecule has 0 aromatic carbocycles. The van der Waals surface area contributed by atoms with Gasteiger partial charge in [0.05, 0.1) is 12.2 Å². The van der Waals surface area contributed by atoms with Crippen molar-refractivity contribution in [2.75, 3.05) is 26.0 Å². The lowest BCUT2D eigenvalue weighted by atomic mass is 10.2. The largest absolute Gasteiger partial charge is 0.347 e. The van der Waals surface area contributed by atoms with E-state index in [0.29, 0.717) is 12.4 Å². The van der Waals surface area contributed by atoms with Crippen LogP contribution in [0.2, 0.25) is 0 Å². The van der Waals surface area contributed by atoms with E-state index in [0.717, 1.165) is 5.69 Å². The third-order valence-electron chi connectivity index (χ3n) is 2.33. The molecule has 1 aromatic rings. The van der Waals surface area contributed by atoms with Gasteiger partial charge in [0.2, 0.25) is 11.8 Å². The van der Waals surface area contributed by atoms with Crippen LogP contribution >= 0.6 is 0 Å². The Kier molecular flexibility index (Phi) is 5.50. The first-order valence-electron chi connectivity index (χ1n) is 6.15. The second-order valence-corrected chi connectivity index (χ2v) is 4.94. The van der Waals surface area contributed by atoms with Crippen LogP contribution in [0.4, 0.5) is 5.82 Å². The second kappa shape index (κ2) is 6.89. The molecule has 7 heteroatoms. The Bertz CT molecular complexity index is 439. The van der Waals surface area contributed by atoms with Crippen molar-refractivity contribution in [3.05, 3.63) is 11.8 Å². The first-order valence-corrected chi connectivity index (χ1v) is 6.15. The standard InChI is InChI=1S/C12H21N5O2/c1-8(2)12(19)13-6-11(18)14-10-5-9(15-16-10)7-17(3)4/h5,8H,6-7H2,1-4H3,(H,13,19)(H2,14,15,16,18). The van der Waals surface area contributed by atoms with Gasteiger partial charge >= 0.3 is 0 Å². The van der Waals surface area contributed by atoms with Crippen molar-refractivity contribution < 1.29 is 9.59 Å². The average molecular weight is 267 g/mol. The molecule has 1 heterocycles. The summed E-state index contributed by atoms with van der Waals surface area (Å²) in [6, 6.07) is 1.77. The van der Waals surface area contributed by atoms with E-state index in [4.69, 9.17) is 0 Å². The van der Waals surface area contributed by atoms with Crippen LogP contribution in [-0.4, -0.2) is 47.6 Å². The molecule has 0 bridgehead atoms. The molecule has 0 aliphatic heterocycles. The molecular formula is C12H21N5O2. The third kappa shape index (κ3) is 5.52.